The molecule has 0 fully saturated rings. The van der Waals surface area contributed by atoms with Crippen LogP contribution in [0.1, 0.15) is 26.3 Å². The van der Waals surface area contributed by atoms with Crippen molar-refractivity contribution in [2.24, 2.45) is 5.10 Å². The molecule has 0 atom stereocenters. The molecule has 10 heteroatoms. The summed E-state index contributed by atoms with van der Waals surface area (Å²) >= 11 is 5.86. The topological polar surface area (TPSA) is 115 Å². The monoisotopic (exact) mass is 495 g/mol. The molecular formula is C25H22ClN3O6. The molecule has 0 saturated heterocycles. The predicted octanol–water partition coefficient (Wildman–Crippen LogP) is 3.46. The molecular weight excluding hydrogens is 474 g/mol. The first-order valence-electron chi connectivity index (χ1n) is 10.3. The molecule has 0 spiro atoms. The Balaban J connectivity index is 1.54. The number of carbonyl (C=O) groups excluding carboxylic acids is 3. The highest BCUT2D eigenvalue weighted by molar-refractivity contribution is 6.31. The molecule has 0 unspecified atom stereocenters. The van der Waals surface area contributed by atoms with Crippen LogP contribution in [-0.2, 0) is 4.79 Å². The molecule has 0 aliphatic heterocycles. The van der Waals surface area contributed by atoms with E-state index in [2.05, 4.69) is 15.8 Å². The molecule has 0 aliphatic carbocycles. The second kappa shape index (κ2) is 12.2. The number of esters is 1. The molecule has 0 aromatic heterocycles. The molecule has 3 aromatic carbocycles. The highest BCUT2D eigenvalue weighted by atomic mass is 35.5. The number of hydrazone groups is 1. The van der Waals surface area contributed by atoms with Crippen LogP contribution in [0.4, 0.5) is 0 Å². The summed E-state index contributed by atoms with van der Waals surface area (Å²) in [5.74, 6) is -0.364. The minimum Gasteiger partial charge on any atom is -0.497 e. The SMILES string of the molecule is COc1ccc(C(=O)Oc2ccc(C=NNC(=O)CNC(=O)c3cccc(Cl)c3)cc2OC)cc1. The van der Waals surface area contributed by atoms with Crippen molar-refractivity contribution >= 4 is 35.6 Å². The van der Waals surface area contributed by atoms with Crippen LogP contribution in [-0.4, -0.2) is 44.8 Å². The molecule has 0 heterocycles. The van der Waals surface area contributed by atoms with Crippen molar-refractivity contribution in [3.8, 4) is 17.2 Å². The largest absolute Gasteiger partial charge is 0.497 e. The molecule has 180 valence electrons. The van der Waals surface area contributed by atoms with E-state index in [1.54, 1.807) is 60.7 Å². The van der Waals surface area contributed by atoms with Gasteiger partial charge in [-0.2, -0.15) is 5.10 Å². The van der Waals surface area contributed by atoms with Crippen molar-refractivity contribution in [3.05, 3.63) is 88.4 Å². The van der Waals surface area contributed by atoms with Gasteiger partial charge >= 0.3 is 5.97 Å². The van der Waals surface area contributed by atoms with E-state index in [1.807, 2.05) is 0 Å². The number of hydrogen-bond donors (Lipinski definition) is 2. The minimum atomic E-state index is -0.556. The molecule has 0 radical (unpaired) electrons. The normalized spacial score (nSPS) is 10.5. The minimum absolute atomic E-state index is 0.221. The number of amides is 2. The van der Waals surface area contributed by atoms with Crippen molar-refractivity contribution < 1.29 is 28.6 Å². The van der Waals surface area contributed by atoms with Gasteiger partial charge < -0.3 is 19.5 Å². The summed E-state index contributed by atoms with van der Waals surface area (Å²) in [6.45, 7) is -0.272. The maximum atomic E-state index is 12.4. The molecule has 35 heavy (non-hydrogen) atoms. The van der Waals surface area contributed by atoms with Crippen LogP contribution in [0.2, 0.25) is 5.02 Å². The predicted molar refractivity (Wildman–Crippen MR) is 130 cm³/mol. The lowest BCUT2D eigenvalue weighted by Crippen LogP contribution is -2.34. The van der Waals surface area contributed by atoms with E-state index in [0.717, 1.165) is 0 Å². The average molecular weight is 496 g/mol. The zero-order valence-corrected chi connectivity index (χ0v) is 19.7. The third kappa shape index (κ3) is 7.31. The summed E-state index contributed by atoms with van der Waals surface area (Å²) in [7, 11) is 2.97. The lowest BCUT2D eigenvalue weighted by atomic mass is 10.2. The Kier molecular flexibility index (Phi) is 8.80. The number of nitrogens with zero attached hydrogens (tertiary/aromatic N) is 1. The van der Waals surface area contributed by atoms with E-state index in [4.69, 9.17) is 25.8 Å². The summed E-state index contributed by atoms with van der Waals surface area (Å²) in [5.41, 5.74) is 3.59. The van der Waals surface area contributed by atoms with Crippen molar-refractivity contribution in [3.63, 3.8) is 0 Å². The van der Waals surface area contributed by atoms with Gasteiger partial charge in [0.1, 0.15) is 5.75 Å². The Morgan fingerprint density at radius 3 is 2.37 bits per heavy atom. The number of ether oxygens (including phenoxy) is 3. The Bertz CT molecular complexity index is 1240. The second-order valence-corrected chi connectivity index (χ2v) is 7.45. The number of hydrogen-bond acceptors (Lipinski definition) is 7. The van der Waals surface area contributed by atoms with Gasteiger partial charge in [0.25, 0.3) is 11.8 Å². The Morgan fingerprint density at radius 2 is 1.69 bits per heavy atom. The number of carbonyl (C=O) groups is 3. The van der Waals surface area contributed by atoms with Gasteiger partial charge in [0.05, 0.1) is 32.5 Å². The van der Waals surface area contributed by atoms with E-state index in [-0.39, 0.29) is 12.3 Å². The lowest BCUT2D eigenvalue weighted by molar-refractivity contribution is -0.120. The van der Waals surface area contributed by atoms with Crippen molar-refractivity contribution in [1.29, 1.82) is 0 Å². The van der Waals surface area contributed by atoms with Crippen molar-refractivity contribution in [2.75, 3.05) is 20.8 Å². The summed E-state index contributed by atoms with van der Waals surface area (Å²) in [5, 5.41) is 6.76. The zero-order valence-electron chi connectivity index (χ0n) is 18.9. The maximum absolute atomic E-state index is 12.4. The molecule has 3 rings (SSSR count). The standard InChI is InChI=1S/C25H22ClN3O6/c1-33-20-9-7-17(8-10-20)25(32)35-21-11-6-16(12-22(21)34-2)14-28-29-23(30)15-27-24(31)18-4-3-5-19(26)13-18/h3-14H,15H2,1-2H3,(H,27,31)(H,29,30). The van der Waals surface area contributed by atoms with Crippen LogP contribution in [0, 0.1) is 0 Å². The van der Waals surface area contributed by atoms with E-state index in [9.17, 15) is 14.4 Å². The van der Waals surface area contributed by atoms with Crippen LogP contribution in [0.15, 0.2) is 71.8 Å². The quantitative estimate of drug-likeness (QED) is 0.203. The van der Waals surface area contributed by atoms with Crippen LogP contribution < -0.4 is 25.0 Å². The first kappa shape index (κ1) is 25.3. The van der Waals surface area contributed by atoms with Gasteiger partial charge in [0.2, 0.25) is 0 Å². The van der Waals surface area contributed by atoms with Gasteiger partial charge in [-0.1, -0.05) is 17.7 Å². The lowest BCUT2D eigenvalue weighted by Gasteiger charge is -2.10. The third-order valence-corrected chi connectivity index (χ3v) is 4.85. The number of halogens is 1. The highest BCUT2D eigenvalue weighted by Crippen LogP contribution is 2.28. The van der Waals surface area contributed by atoms with E-state index in [1.165, 1.54) is 26.5 Å². The second-order valence-electron chi connectivity index (χ2n) is 7.01. The number of nitrogens with one attached hydrogen (secondary N) is 2. The van der Waals surface area contributed by atoms with Gasteiger partial charge in [0, 0.05) is 10.6 Å². The summed E-state index contributed by atoms with van der Waals surface area (Å²) < 4.78 is 15.8. The first-order valence-corrected chi connectivity index (χ1v) is 10.7. The van der Waals surface area contributed by atoms with E-state index >= 15 is 0 Å². The first-order chi connectivity index (χ1) is 16.9. The van der Waals surface area contributed by atoms with Gasteiger partial charge in [-0.15, -0.1) is 0 Å². The summed E-state index contributed by atoms with van der Waals surface area (Å²) in [6, 6.07) is 17.6. The molecule has 2 amide bonds. The fourth-order valence-electron chi connectivity index (χ4n) is 2.85. The Morgan fingerprint density at radius 1 is 0.914 bits per heavy atom. The van der Waals surface area contributed by atoms with Crippen LogP contribution in [0.3, 0.4) is 0 Å². The molecule has 3 aromatic rings. The van der Waals surface area contributed by atoms with Crippen LogP contribution in [0.5, 0.6) is 17.2 Å². The van der Waals surface area contributed by atoms with Crippen molar-refractivity contribution in [2.45, 2.75) is 0 Å². The maximum Gasteiger partial charge on any atom is 0.343 e. The highest BCUT2D eigenvalue weighted by Gasteiger charge is 2.13. The number of rotatable bonds is 9. The van der Waals surface area contributed by atoms with Crippen molar-refractivity contribution in [1.82, 2.24) is 10.7 Å². The van der Waals surface area contributed by atoms with Crippen LogP contribution in [0.25, 0.3) is 0 Å². The van der Waals surface area contributed by atoms with Gasteiger partial charge in [-0.25, -0.2) is 10.2 Å². The summed E-state index contributed by atoms with van der Waals surface area (Å²) in [6.07, 6.45) is 1.38. The van der Waals surface area contributed by atoms with Gasteiger partial charge in [-0.3, -0.25) is 9.59 Å². The van der Waals surface area contributed by atoms with E-state index < -0.39 is 17.8 Å². The molecule has 0 bridgehead atoms. The summed E-state index contributed by atoms with van der Waals surface area (Å²) in [4.78, 5) is 36.4. The van der Waals surface area contributed by atoms with Gasteiger partial charge in [-0.05, 0) is 66.2 Å². The van der Waals surface area contributed by atoms with E-state index in [0.29, 0.717) is 33.2 Å². The molecule has 0 saturated carbocycles. The molecule has 2 N–H and O–H groups in total. The molecule has 0 aliphatic rings. The molecule has 9 nitrogen and oxygen atoms in total. The number of benzene rings is 3. The average Bonchev–Trinajstić information content (AvgIpc) is 2.88. The fraction of sp³-hybridized carbons (Fsp3) is 0.120. The fourth-order valence-corrected chi connectivity index (χ4v) is 3.04. The Hall–Kier alpha value is -4.37. The number of methoxy groups -OCH3 is 2. The van der Waals surface area contributed by atoms with Gasteiger partial charge in [0.15, 0.2) is 11.5 Å². The third-order valence-electron chi connectivity index (χ3n) is 4.62. The zero-order chi connectivity index (χ0) is 25.2. The smallest absolute Gasteiger partial charge is 0.343 e. The Labute approximate surface area is 206 Å². The van der Waals surface area contributed by atoms with Crippen LogP contribution >= 0.6 is 11.6 Å².